The summed E-state index contributed by atoms with van der Waals surface area (Å²) in [5.41, 5.74) is 2.92. The molecule has 0 amide bonds. The van der Waals surface area contributed by atoms with Crippen LogP contribution in [0.15, 0.2) is 99.3 Å². The number of rotatable bonds is 27. The fourth-order valence-electron chi connectivity index (χ4n) is 8.11. The monoisotopic (exact) mass is 1080 g/mol. The Bertz CT molecular complexity index is 2610. The standard InChI is InChI=1S/C42H48Cl2N2O17S5/c1-41(2)31-24-28(65-62-59-49)15-17-35(31)45(20-10-22-64-61-58-48)37(41)12-6-4-7-13-38-42(3,32-27-30(68(54,55)56)16-18-36(32)46(38)21-11-23-67(51,52)53)19-9-5-8-14-39(47)57-40-33(43)25-29(26-34(40)44)66-63-60-50/h4,6-7,12-13,15-18,24-27H,5,8-11,14,19-23H2,1-3H3,(H4-,48,49,50,51,52,53,54,55,56)/p-4. The largest absolute Gasteiger partial charge is 0.748 e. The number of hydrogen-bond donors (Lipinski definition) is 0. The number of hydrogen-bond acceptors (Lipinski definition) is 21. The molecule has 19 nitrogen and oxygen atoms in total. The lowest BCUT2D eigenvalue weighted by molar-refractivity contribution is -0.777. The van der Waals surface area contributed by atoms with Crippen molar-refractivity contribution >= 4 is 103 Å². The molecular weight excluding hydrogens is 1040 g/mol. The molecule has 0 N–H and O–H groups in total. The van der Waals surface area contributed by atoms with Gasteiger partial charge in [-0.1, -0.05) is 54.3 Å². The van der Waals surface area contributed by atoms with Crippen LogP contribution in [0.4, 0.5) is 11.4 Å². The summed E-state index contributed by atoms with van der Waals surface area (Å²) in [6.45, 7) is 6.55. The topological polar surface area (TPSA) is 272 Å². The summed E-state index contributed by atoms with van der Waals surface area (Å²) in [5, 5.41) is 41.3. The number of halogens is 2. The second kappa shape index (κ2) is 25.3. The molecule has 2 heterocycles. The van der Waals surface area contributed by atoms with E-state index in [1.54, 1.807) is 18.2 Å². The number of benzene rings is 3. The molecule has 1 unspecified atom stereocenters. The molecule has 372 valence electrons. The third-order valence-electron chi connectivity index (χ3n) is 11.1. The Balaban J connectivity index is 1.42. The zero-order valence-electron chi connectivity index (χ0n) is 36.4. The van der Waals surface area contributed by atoms with Gasteiger partial charge in [0.15, 0.2) is 11.5 Å². The van der Waals surface area contributed by atoms with Gasteiger partial charge in [-0.2, -0.15) is 17.6 Å². The van der Waals surface area contributed by atoms with Crippen LogP contribution in [-0.2, 0) is 64.0 Å². The molecule has 0 radical (unpaired) electrons. The first-order valence-corrected chi connectivity index (χ1v) is 26.6. The number of carbonyl (C=O) groups is 1. The van der Waals surface area contributed by atoms with E-state index in [4.69, 9.17) is 27.9 Å². The van der Waals surface area contributed by atoms with Gasteiger partial charge in [0.25, 0.3) is 0 Å². The summed E-state index contributed by atoms with van der Waals surface area (Å²) in [6, 6.07) is 12.3. The molecule has 2 aliphatic rings. The first-order valence-electron chi connectivity index (χ1n) is 20.5. The van der Waals surface area contributed by atoms with E-state index in [1.165, 1.54) is 30.3 Å². The minimum absolute atomic E-state index is 0.00920. The fraction of sp³-hybridized carbons (Fsp3) is 0.381. The number of ether oxygens (including phenoxy) is 1. The van der Waals surface area contributed by atoms with Gasteiger partial charge in [-0.15, -0.1) is 0 Å². The van der Waals surface area contributed by atoms with Crippen LogP contribution in [0.5, 0.6) is 5.75 Å². The Labute approximate surface area is 416 Å². The smallest absolute Gasteiger partial charge is 0.311 e. The maximum absolute atomic E-state index is 12.9. The Morgan fingerprint density at radius 1 is 0.794 bits per heavy atom. The third kappa shape index (κ3) is 14.7. The van der Waals surface area contributed by atoms with Crippen LogP contribution in [0, 0.1) is 0 Å². The van der Waals surface area contributed by atoms with Crippen LogP contribution in [0.1, 0.15) is 76.8 Å². The molecule has 68 heavy (non-hydrogen) atoms. The highest BCUT2D eigenvalue weighted by atomic mass is 35.5. The van der Waals surface area contributed by atoms with E-state index >= 15 is 0 Å². The van der Waals surface area contributed by atoms with Crippen molar-refractivity contribution in [1.82, 2.24) is 0 Å². The summed E-state index contributed by atoms with van der Waals surface area (Å²) >= 11 is 14.7. The zero-order valence-corrected chi connectivity index (χ0v) is 42.0. The van der Waals surface area contributed by atoms with Crippen LogP contribution in [0.3, 0.4) is 0 Å². The number of fused-ring (bicyclic) bond motifs is 2. The molecule has 0 aromatic heterocycles. The highest BCUT2D eigenvalue weighted by Crippen LogP contribution is 2.52. The van der Waals surface area contributed by atoms with Gasteiger partial charge < -0.3 is 34.5 Å². The molecule has 3 aromatic carbocycles. The lowest BCUT2D eigenvalue weighted by Gasteiger charge is -2.31. The second-order valence-corrected chi connectivity index (χ2v) is 21.9. The van der Waals surface area contributed by atoms with Gasteiger partial charge in [0.2, 0.25) is 5.69 Å². The number of anilines is 1. The molecule has 3 aromatic rings. The quantitative estimate of drug-likeness (QED) is 0.00937. The second-order valence-electron chi connectivity index (χ2n) is 15.9. The van der Waals surface area contributed by atoms with Gasteiger partial charge >= 0.3 is 5.97 Å². The van der Waals surface area contributed by atoms with E-state index in [1.807, 2.05) is 56.0 Å². The predicted octanol–water partition coefficient (Wildman–Crippen LogP) is 6.26. The molecule has 5 rings (SSSR count). The van der Waals surface area contributed by atoms with Gasteiger partial charge in [-0.3, -0.25) is 19.9 Å². The molecule has 0 saturated carbocycles. The van der Waals surface area contributed by atoms with Gasteiger partial charge in [-0.25, -0.2) is 16.8 Å². The Hall–Kier alpha value is -3.09. The molecule has 0 fully saturated rings. The SMILES string of the molecule is CC1(C)C(/C=C/C=C/C=C2\N(CCCS(=O)(=O)[O-])c3ccc(S(=O)(=O)[O-])cc3C2(C)CCCCCC(=O)Oc2c(Cl)cc(SOO[O-])cc2Cl)=[N+](CCCSOO[O-])c2ccc(SOO[O-])cc21. The number of esters is 1. The van der Waals surface area contributed by atoms with Crippen LogP contribution in [0.2, 0.25) is 10.0 Å². The van der Waals surface area contributed by atoms with Crippen molar-refractivity contribution in [2.45, 2.75) is 91.2 Å². The van der Waals surface area contributed by atoms with Crippen molar-refractivity contribution in [2.24, 2.45) is 0 Å². The Morgan fingerprint density at radius 3 is 2.15 bits per heavy atom. The van der Waals surface area contributed by atoms with E-state index in [0.29, 0.717) is 83.2 Å². The van der Waals surface area contributed by atoms with Crippen molar-refractivity contribution in [1.29, 1.82) is 0 Å². The lowest BCUT2D eigenvalue weighted by Crippen LogP contribution is -2.30. The Morgan fingerprint density at radius 2 is 1.49 bits per heavy atom. The van der Waals surface area contributed by atoms with Crippen molar-refractivity contribution < 1.29 is 83.9 Å². The van der Waals surface area contributed by atoms with Crippen LogP contribution < -0.4 is 25.4 Å². The van der Waals surface area contributed by atoms with Crippen LogP contribution in [0.25, 0.3) is 0 Å². The van der Waals surface area contributed by atoms with E-state index in [0.717, 1.165) is 41.0 Å². The molecule has 2 aliphatic heterocycles. The van der Waals surface area contributed by atoms with Crippen molar-refractivity contribution in [3.8, 4) is 5.75 Å². The van der Waals surface area contributed by atoms with Crippen molar-refractivity contribution in [3.05, 3.63) is 106 Å². The number of carbonyl (C=O) groups excluding carboxylic acids is 1. The van der Waals surface area contributed by atoms with Gasteiger partial charge in [0, 0.05) is 87.2 Å². The molecule has 0 bridgehead atoms. The van der Waals surface area contributed by atoms with Crippen molar-refractivity contribution in [3.63, 3.8) is 0 Å². The Kier molecular flexibility index (Phi) is 20.8. The molecule has 1 atom stereocenters. The van der Waals surface area contributed by atoms with E-state index in [-0.39, 0.29) is 35.2 Å². The van der Waals surface area contributed by atoms with E-state index in [2.05, 4.69) is 32.7 Å². The van der Waals surface area contributed by atoms with Gasteiger partial charge in [0.05, 0.1) is 54.6 Å². The summed E-state index contributed by atoms with van der Waals surface area (Å²) in [4.78, 5) is 15.2. The number of allylic oxidation sites excluding steroid dienone is 6. The summed E-state index contributed by atoms with van der Waals surface area (Å²) in [6.07, 6.45) is 11.4. The first-order chi connectivity index (χ1) is 32.2. The molecule has 0 spiro atoms. The predicted molar refractivity (Wildman–Crippen MR) is 244 cm³/mol. The third-order valence-corrected chi connectivity index (χ3v) is 15.0. The highest BCUT2D eigenvalue weighted by Gasteiger charge is 2.45. The maximum atomic E-state index is 12.9. The van der Waals surface area contributed by atoms with Gasteiger partial charge in [0.1, 0.15) is 16.7 Å². The van der Waals surface area contributed by atoms with Gasteiger partial charge in [-0.05, 0) is 94.1 Å². The van der Waals surface area contributed by atoms with Crippen LogP contribution in [-0.4, -0.2) is 66.8 Å². The normalized spacial score (nSPS) is 17.6. The number of unbranched alkanes of at least 4 members (excludes halogenated alkanes) is 2. The average molecular weight is 1080 g/mol. The lowest BCUT2D eigenvalue weighted by atomic mass is 9.77. The fourth-order valence-corrected chi connectivity index (χ4v) is 11.0. The van der Waals surface area contributed by atoms with E-state index in [9.17, 15) is 46.5 Å². The highest BCUT2D eigenvalue weighted by molar-refractivity contribution is 7.95. The average Bonchev–Trinajstić information content (AvgIpc) is 3.63. The molecule has 0 aliphatic carbocycles. The summed E-state index contributed by atoms with van der Waals surface area (Å²) < 4.78 is 92.7. The van der Waals surface area contributed by atoms with Crippen molar-refractivity contribution in [2.75, 3.05) is 29.5 Å². The van der Waals surface area contributed by atoms with Crippen LogP contribution >= 0.6 is 59.3 Å². The first kappa shape index (κ1) is 55.8. The molecule has 26 heteroatoms. The molecule has 0 saturated heterocycles. The minimum atomic E-state index is -4.89. The zero-order chi connectivity index (χ0) is 49.7. The minimum Gasteiger partial charge on any atom is -0.748 e. The number of nitrogens with zero attached hydrogens (tertiary/aromatic N) is 2. The summed E-state index contributed by atoms with van der Waals surface area (Å²) in [7, 11) is -9.47. The maximum Gasteiger partial charge on any atom is 0.311 e. The molecular formula is C42H44Cl2N2O17S5-4. The van der Waals surface area contributed by atoms with E-state index < -0.39 is 47.7 Å². The summed E-state index contributed by atoms with van der Waals surface area (Å²) in [5.74, 6) is -0.903.